The maximum absolute atomic E-state index is 5.68. The van der Waals surface area contributed by atoms with Crippen molar-refractivity contribution in [2.75, 3.05) is 11.5 Å². The molecular formula is C11H17NS2. The minimum Gasteiger partial charge on any atom is -0.326 e. The molecule has 0 bridgehead atoms. The molecule has 0 aliphatic heterocycles. The van der Waals surface area contributed by atoms with Crippen LogP contribution in [0, 0.1) is 0 Å². The van der Waals surface area contributed by atoms with E-state index >= 15 is 0 Å². The van der Waals surface area contributed by atoms with Crippen molar-refractivity contribution in [3.8, 4) is 0 Å². The minimum absolute atomic E-state index is 0.638. The van der Waals surface area contributed by atoms with Gasteiger partial charge in [0.15, 0.2) is 0 Å². The van der Waals surface area contributed by atoms with E-state index in [1.54, 1.807) is 0 Å². The van der Waals surface area contributed by atoms with Gasteiger partial charge in [0.25, 0.3) is 0 Å². The van der Waals surface area contributed by atoms with Crippen LogP contribution < -0.4 is 5.73 Å². The van der Waals surface area contributed by atoms with Crippen molar-refractivity contribution in [3.05, 3.63) is 23.8 Å². The lowest BCUT2D eigenvalue weighted by Gasteiger charge is -2.08. The summed E-state index contributed by atoms with van der Waals surface area (Å²) in [6.45, 7) is 4.98. The summed E-state index contributed by atoms with van der Waals surface area (Å²) in [5.74, 6) is 2.23. The maximum atomic E-state index is 5.68. The lowest BCUT2D eigenvalue weighted by molar-refractivity contribution is 1.02. The Bertz CT molecular complexity index is 287. The molecule has 1 aromatic carbocycles. The molecule has 0 saturated carbocycles. The minimum atomic E-state index is 0.638. The van der Waals surface area contributed by atoms with E-state index in [4.69, 9.17) is 5.73 Å². The second-order valence-corrected chi connectivity index (χ2v) is 5.48. The highest BCUT2D eigenvalue weighted by molar-refractivity contribution is 8.00. The first-order valence-corrected chi connectivity index (χ1v) is 6.87. The molecular weight excluding hydrogens is 210 g/mol. The predicted octanol–water partition coefficient (Wildman–Crippen LogP) is 3.37. The van der Waals surface area contributed by atoms with E-state index in [-0.39, 0.29) is 0 Å². The van der Waals surface area contributed by atoms with Gasteiger partial charge in [-0.05, 0) is 29.2 Å². The van der Waals surface area contributed by atoms with E-state index in [0.717, 1.165) is 11.5 Å². The van der Waals surface area contributed by atoms with Crippen LogP contribution in [-0.4, -0.2) is 11.5 Å². The van der Waals surface area contributed by atoms with Crippen molar-refractivity contribution < 1.29 is 0 Å². The summed E-state index contributed by atoms with van der Waals surface area (Å²) in [5.41, 5.74) is 6.95. The van der Waals surface area contributed by atoms with Crippen LogP contribution in [0.3, 0.4) is 0 Å². The second kappa shape index (κ2) is 6.38. The first kappa shape index (κ1) is 12.0. The van der Waals surface area contributed by atoms with Crippen LogP contribution in [0.4, 0.5) is 0 Å². The molecule has 0 unspecified atom stereocenters. The number of nitrogens with two attached hydrogens (primary N) is 1. The van der Waals surface area contributed by atoms with Gasteiger partial charge < -0.3 is 5.73 Å². The average molecular weight is 227 g/mol. The zero-order valence-corrected chi connectivity index (χ0v) is 10.4. The van der Waals surface area contributed by atoms with Crippen LogP contribution in [0.25, 0.3) is 0 Å². The Morgan fingerprint density at radius 3 is 2.43 bits per heavy atom. The highest BCUT2D eigenvalue weighted by Crippen LogP contribution is 2.28. The zero-order chi connectivity index (χ0) is 10.4. The zero-order valence-electron chi connectivity index (χ0n) is 8.75. The number of hydrogen-bond acceptors (Lipinski definition) is 3. The largest absolute Gasteiger partial charge is 0.326 e. The lowest BCUT2D eigenvalue weighted by atomic mass is 10.2. The maximum Gasteiger partial charge on any atom is 0.0189 e. The summed E-state index contributed by atoms with van der Waals surface area (Å²) in [4.78, 5) is 2.69. The quantitative estimate of drug-likeness (QED) is 0.781. The van der Waals surface area contributed by atoms with E-state index in [1.165, 1.54) is 15.4 Å². The van der Waals surface area contributed by atoms with Crippen molar-refractivity contribution in [1.82, 2.24) is 0 Å². The van der Waals surface area contributed by atoms with Gasteiger partial charge in [0.2, 0.25) is 0 Å². The normalized spacial score (nSPS) is 10.5. The van der Waals surface area contributed by atoms with Gasteiger partial charge in [-0.2, -0.15) is 0 Å². The smallest absolute Gasteiger partial charge is 0.0189 e. The van der Waals surface area contributed by atoms with Crippen molar-refractivity contribution >= 4 is 23.5 Å². The van der Waals surface area contributed by atoms with Crippen LogP contribution >= 0.6 is 23.5 Å². The summed E-state index contributed by atoms with van der Waals surface area (Å²) >= 11 is 3.75. The molecule has 0 radical (unpaired) electrons. The van der Waals surface area contributed by atoms with E-state index in [0.29, 0.717) is 6.54 Å². The molecule has 0 heterocycles. The van der Waals surface area contributed by atoms with Crippen molar-refractivity contribution in [3.63, 3.8) is 0 Å². The van der Waals surface area contributed by atoms with Gasteiger partial charge in [-0.25, -0.2) is 0 Å². The average Bonchev–Trinajstić information content (AvgIpc) is 2.19. The lowest BCUT2D eigenvalue weighted by Crippen LogP contribution is -1.98. The Morgan fingerprint density at radius 1 is 1.14 bits per heavy atom. The van der Waals surface area contributed by atoms with E-state index in [9.17, 15) is 0 Å². The van der Waals surface area contributed by atoms with E-state index < -0.39 is 0 Å². The topological polar surface area (TPSA) is 26.0 Å². The van der Waals surface area contributed by atoms with Crippen LogP contribution in [0.15, 0.2) is 28.0 Å². The van der Waals surface area contributed by atoms with Gasteiger partial charge in [0.1, 0.15) is 0 Å². The Morgan fingerprint density at radius 2 is 1.86 bits per heavy atom. The molecule has 2 N–H and O–H groups in total. The third-order valence-corrected chi connectivity index (χ3v) is 3.73. The molecule has 1 nitrogen and oxygen atoms in total. The van der Waals surface area contributed by atoms with Gasteiger partial charge in [-0.1, -0.05) is 19.9 Å². The second-order valence-electron chi connectivity index (χ2n) is 2.84. The molecule has 0 fully saturated rings. The van der Waals surface area contributed by atoms with Gasteiger partial charge in [0.05, 0.1) is 0 Å². The van der Waals surface area contributed by atoms with Gasteiger partial charge in [0, 0.05) is 16.3 Å². The van der Waals surface area contributed by atoms with Crippen molar-refractivity contribution in [2.24, 2.45) is 5.73 Å². The summed E-state index contributed by atoms with van der Waals surface area (Å²) in [7, 11) is 0. The molecule has 14 heavy (non-hydrogen) atoms. The standard InChI is InChI=1S/C11H17NS2/c1-3-13-10-6-5-9(8-12)11(7-10)14-4-2/h5-7H,3-4,8,12H2,1-2H3. The fraction of sp³-hybridized carbons (Fsp3) is 0.455. The van der Waals surface area contributed by atoms with Crippen molar-refractivity contribution in [2.45, 2.75) is 30.2 Å². The van der Waals surface area contributed by atoms with Crippen LogP contribution in [0.5, 0.6) is 0 Å². The van der Waals surface area contributed by atoms with E-state index in [2.05, 4.69) is 32.0 Å². The molecule has 0 spiro atoms. The first-order valence-electron chi connectivity index (χ1n) is 4.90. The van der Waals surface area contributed by atoms with Gasteiger partial charge in [-0.3, -0.25) is 0 Å². The summed E-state index contributed by atoms with van der Waals surface area (Å²) < 4.78 is 0. The number of thioether (sulfide) groups is 2. The van der Waals surface area contributed by atoms with Crippen LogP contribution in [-0.2, 0) is 6.54 Å². The van der Waals surface area contributed by atoms with Gasteiger partial charge >= 0.3 is 0 Å². The SMILES string of the molecule is CCSc1ccc(CN)c(SCC)c1. The molecule has 0 amide bonds. The molecule has 1 aromatic rings. The first-order chi connectivity index (χ1) is 6.81. The Balaban J connectivity index is 2.88. The Hall–Kier alpha value is -0.120. The van der Waals surface area contributed by atoms with Gasteiger partial charge in [-0.15, -0.1) is 23.5 Å². The predicted molar refractivity (Wildman–Crippen MR) is 67.1 cm³/mol. The number of rotatable bonds is 5. The molecule has 0 aromatic heterocycles. The summed E-state index contributed by atoms with van der Waals surface area (Å²) in [6, 6.07) is 6.57. The Labute approximate surface area is 94.8 Å². The summed E-state index contributed by atoms with van der Waals surface area (Å²) in [6.07, 6.45) is 0. The van der Waals surface area contributed by atoms with Crippen molar-refractivity contribution in [1.29, 1.82) is 0 Å². The van der Waals surface area contributed by atoms with Crippen LogP contribution in [0.2, 0.25) is 0 Å². The number of benzene rings is 1. The molecule has 3 heteroatoms. The molecule has 0 aliphatic carbocycles. The highest BCUT2D eigenvalue weighted by Gasteiger charge is 2.02. The molecule has 0 atom stereocenters. The Kier molecular flexibility index (Phi) is 5.45. The third-order valence-electron chi connectivity index (χ3n) is 1.87. The molecule has 78 valence electrons. The third kappa shape index (κ3) is 3.23. The molecule has 0 aliphatic rings. The highest BCUT2D eigenvalue weighted by atomic mass is 32.2. The van der Waals surface area contributed by atoms with E-state index in [1.807, 2.05) is 23.5 Å². The number of hydrogen-bond donors (Lipinski definition) is 1. The van der Waals surface area contributed by atoms with Crippen LogP contribution in [0.1, 0.15) is 19.4 Å². The summed E-state index contributed by atoms with van der Waals surface area (Å²) in [5, 5.41) is 0. The monoisotopic (exact) mass is 227 g/mol. The fourth-order valence-corrected chi connectivity index (χ4v) is 2.88. The molecule has 1 rings (SSSR count). The fourth-order valence-electron chi connectivity index (χ4n) is 1.25. The molecule has 0 saturated heterocycles.